The SMILES string of the molecule is CC(=O)N[C@@H]1CN(CCNC(=O)O)C[C@H]1O. The Balaban J connectivity index is 2.26. The Labute approximate surface area is 93.4 Å². The van der Waals surface area contributed by atoms with E-state index in [2.05, 4.69) is 10.6 Å². The van der Waals surface area contributed by atoms with Crippen LogP contribution in [0.3, 0.4) is 0 Å². The van der Waals surface area contributed by atoms with Gasteiger partial charge in [0.2, 0.25) is 5.91 Å². The molecule has 0 aromatic heterocycles. The van der Waals surface area contributed by atoms with E-state index in [0.29, 0.717) is 26.2 Å². The van der Waals surface area contributed by atoms with Gasteiger partial charge in [0, 0.05) is 33.1 Å². The number of aliphatic hydroxyl groups is 1. The lowest BCUT2D eigenvalue weighted by Gasteiger charge is -2.15. The summed E-state index contributed by atoms with van der Waals surface area (Å²) in [6.45, 7) is 3.24. The van der Waals surface area contributed by atoms with Crippen molar-refractivity contribution in [2.45, 2.75) is 19.1 Å². The zero-order valence-corrected chi connectivity index (χ0v) is 9.14. The van der Waals surface area contributed by atoms with Crippen molar-refractivity contribution >= 4 is 12.0 Å². The molecule has 7 nitrogen and oxygen atoms in total. The second-order valence-corrected chi connectivity index (χ2v) is 3.87. The fourth-order valence-electron chi connectivity index (χ4n) is 1.77. The van der Waals surface area contributed by atoms with Crippen LogP contribution in [0.2, 0.25) is 0 Å². The molecule has 0 spiro atoms. The molecular formula is C9H17N3O4. The Hall–Kier alpha value is -1.34. The van der Waals surface area contributed by atoms with Crippen molar-refractivity contribution in [3.05, 3.63) is 0 Å². The van der Waals surface area contributed by atoms with Gasteiger partial charge < -0.3 is 20.8 Å². The summed E-state index contributed by atoms with van der Waals surface area (Å²) in [6.07, 6.45) is -1.65. The number of β-amino-alcohol motifs (C(OH)–C–C–N with tert-alkyl or cyclic N) is 1. The zero-order valence-electron chi connectivity index (χ0n) is 9.14. The van der Waals surface area contributed by atoms with E-state index in [-0.39, 0.29) is 11.9 Å². The Morgan fingerprint density at radius 1 is 1.44 bits per heavy atom. The molecule has 2 atom stereocenters. The van der Waals surface area contributed by atoms with E-state index in [1.165, 1.54) is 6.92 Å². The molecule has 0 radical (unpaired) electrons. The average Bonchev–Trinajstić information content (AvgIpc) is 2.45. The summed E-state index contributed by atoms with van der Waals surface area (Å²) >= 11 is 0. The zero-order chi connectivity index (χ0) is 12.1. The largest absolute Gasteiger partial charge is 0.465 e. The third-order valence-electron chi connectivity index (χ3n) is 2.46. The van der Waals surface area contributed by atoms with Gasteiger partial charge in [-0.2, -0.15) is 0 Å². The molecule has 92 valence electrons. The van der Waals surface area contributed by atoms with Crippen LogP contribution in [0.5, 0.6) is 0 Å². The summed E-state index contributed by atoms with van der Waals surface area (Å²) in [5.74, 6) is -0.172. The molecule has 1 fully saturated rings. The van der Waals surface area contributed by atoms with Gasteiger partial charge in [-0.25, -0.2) is 4.79 Å². The Kier molecular flexibility index (Phi) is 4.51. The molecule has 0 bridgehead atoms. The first-order chi connectivity index (χ1) is 7.49. The molecule has 1 aliphatic rings. The van der Waals surface area contributed by atoms with Gasteiger partial charge in [-0.1, -0.05) is 0 Å². The first-order valence-corrected chi connectivity index (χ1v) is 5.13. The van der Waals surface area contributed by atoms with Crippen molar-refractivity contribution in [2.24, 2.45) is 0 Å². The van der Waals surface area contributed by atoms with E-state index >= 15 is 0 Å². The van der Waals surface area contributed by atoms with Crippen LogP contribution in [-0.4, -0.2) is 65.4 Å². The van der Waals surface area contributed by atoms with Crippen molar-refractivity contribution < 1.29 is 19.8 Å². The van der Waals surface area contributed by atoms with Gasteiger partial charge in [-0.15, -0.1) is 0 Å². The molecule has 1 aliphatic heterocycles. The Morgan fingerprint density at radius 3 is 2.69 bits per heavy atom. The highest BCUT2D eigenvalue weighted by Crippen LogP contribution is 2.09. The monoisotopic (exact) mass is 231 g/mol. The predicted octanol–water partition coefficient (Wildman–Crippen LogP) is -1.56. The van der Waals surface area contributed by atoms with Crippen molar-refractivity contribution in [3.8, 4) is 0 Å². The first kappa shape index (κ1) is 12.7. The third kappa shape index (κ3) is 4.03. The van der Waals surface area contributed by atoms with Gasteiger partial charge in [0.25, 0.3) is 0 Å². The van der Waals surface area contributed by atoms with Crippen LogP contribution in [-0.2, 0) is 4.79 Å². The fraction of sp³-hybridized carbons (Fsp3) is 0.778. The summed E-state index contributed by atoms with van der Waals surface area (Å²) in [4.78, 5) is 22.9. The minimum Gasteiger partial charge on any atom is -0.465 e. The maximum atomic E-state index is 10.8. The predicted molar refractivity (Wildman–Crippen MR) is 56.1 cm³/mol. The van der Waals surface area contributed by atoms with Crippen LogP contribution in [0.25, 0.3) is 0 Å². The second-order valence-electron chi connectivity index (χ2n) is 3.87. The summed E-state index contributed by atoms with van der Waals surface area (Å²) < 4.78 is 0. The molecule has 4 N–H and O–H groups in total. The number of carboxylic acid groups (broad SMARTS) is 1. The van der Waals surface area contributed by atoms with E-state index in [4.69, 9.17) is 5.11 Å². The molecule has 0 aromatic carbocycles. The van der Waals surface area contributed by atoms with Crippen LogP contribution in [0.1, 0.15) is 6.92 Å². The minimum atomic E-state index is -1.06. The highest BCUT2D eigenvalue weighted by molar-refractivity contribution is 5.73. The molecular weight excluding hydrogens is 214 g/mol. The molecule has 16 heavy (non-hydrogen) atoms. The number of hydrogen-bond acceptors (Lipinski definition) is 4. The van der Waals surface area contributed by atoms with Crippen LogP contribution < -0.4 is 10.6 Å². The van der Waals surface area contributed by atoms with Gasteiger partial charge in [0.05, 0.1) is 12.1 Å². The highest BCUT2D eigenvalue weighted by Gasteiger charge is 2.31. The molecule has 1 saturated heterocycles. The number of rotatable bonds is 4. The van der Waals surface area contributed by atoms with Gasteiger partial charge in [-0.3, -0.25) is 9.69 Å². The van der Waals surface area contributed by atoms with Crippen LogP contribution in [0.15, 0.2) is 0 Å². The van der Waals surface area contributed by atoms with E-state index in [1.54, 1.807) is 0 Å². The van der Waals surface area contributed by atoms with E-state index in [0.717, 1.165) is 0 Å². The van der Waals surface area contributed by atoms with Crippen LogP contribution in [0, 0.1) is 0 Å². The van der Waals surface area contributed by atoms with Gasteiger partial charge >= 0.3 is 6.09 Å². The normalized spacial score (nSPS) is 25.4. The smallest absolute Gasteiger partial charge is 0.404 e. The fourth-order valence-corrected chi connectivity index (χ4v) is 1.77. The van der Waals surface area contributed by atoms with Crippen LogP contribution in [0.4, 0.5) is 4.79 Å². The summed E-state index contributed by atoms with van der Waals surface area (Å²) in [6, 6.07) is -0.262. The molecule has 0 saturated carbocycles. The van der Waals surface area contributed by atoms with Crippen molar-refractivity contribution in [1.82, 2.24) is 15.5 Å². The number of nitrogens with one attached hydrogen (secondary N) is 2. The third-order valence-corrected chi connectivity index (χ3v) is 2.46. The lowest BCUT2D eigenvalue weighted by atomic mass is 10.2. The van der Waals surface area contributed by atoms with Gasteiger partial charge in [0.1, 0.15) is 0 Å². The number of amides is 2. The summed E-state index contributed by atoms with van der Waals surface area (Å²) in [5.41, 5.74) is 0. The topological polar surface area (TPSA) is 102 Å². The molecule has 1 heterocycles. The van der Waals surface area contributed by atoms with E-state index < -0.39 is 12.2 Å². The maximum absolute atomic E-state index is 10.8. The molecule has 7 heteroatoms. The number of aliphatic hydroxyl groups excluding tert-OH is 1. The number of carbonyl (C=O) groups is 2. The maximum Gasteiger partial charge on any atom is 0.404 e. The van der Waals surface area contributed by atoms with Gasteiger partial charge in [-0.05, 0) is 0 Å². The quantitative estimate of drug-likeness (QED) is 0.468. The summed E-state index contributed by atoms with van der Waals surface area (Å²) in [5, 5.41) is 22.9. The molecule has 0 aliphatic carbocycles. The van der Waals surface area contributed by atoms with E-state index in [1.807, 2.05) is 4.90 Å². The minimum absolute atomic E-state index is 0.172. The number of hydrogen-bond donors (Lipinski definition) is 4. The number of carbonyl (C=O) groups excluding carboxylic acids is 1. The standard InChI is InChI=1S/C9H17N3O4/c1-6(13)11-7-4-12(5-8(7)14)3-2-10-9(15)16/h7-8,10,14H,2-5H2,1H3,(H,11,13)(H,15,16)/t7-,8-/m1/s1. The molecule has 0 unspecified atom stereocenters. The lowest BCUT2D eigenvalue weighted by Crippen LogP contribution is -2.41. The highest BCUT2D eigenvalue weighted by atomic mass is 16.4. The van der Waals surface area contributed by atoms with Crippen molar-refractivity contribution in [3.63, 3.8) is 0 Å². The van der Waals surface area contributed by atoms with Crippen molar-refractivity contribution in [1.29, 1.82) is 0 Å². The number of nitrogens with zero attached hydrogens (tertiary/aromatic N) is 1. The Morgan fingerprint density at radius 2 is 2.12 bits per heavy atom. The molecule has 2 amide bonds. The lowest BCUT2D eigenvalue weighted by molar-refractivity contribution is -0.120. The average molecular weight is 231 g/mol. The molecule has 0 aromatic rings. The first-order valence-electron chi connectivity index (χ1n) is 5.13. The van der Waals surface area contributed by atoms with Crippen LogP contribution >= 0.6 is 0 Å². The molecule has 1 rings (SSSR count). The van der Waals surface area contributed by atoms with Crippen molar-refractivity contribution in [2.75, 3.05) is 26.2 Å². The Bertz CT molecular complexity index is 271. The van der Waals surface area contributed by atoms with E-state index in [9.17, 15) is 14.7 Å². The number of likely N-dealkylation sites (tertiary alicyclic amines) is 1. The second kappa shape index (κ2) is 5.66. The van der Waals surface area contributed by atoms with Gasteiger partial charge in [0.15, 0.2) is 0 Å². The summed E-state index contributed by atoms with van der Waals surface area (Å²) in [7, 11) is 0.